The molecule has 6 heteroatoms. The predicted octanol–water partition coefficient (Wildman–Crippen LogP) is 3.09. The SMILES string of the molecule is CCn1nc(CC(C)C)cc1C(=O)NC1CCN(Cc2ccco2)CC1. The number of furan rings is 1. The molecule has 1 N–H and O–H groups in total. The van der Waals surface area contributed by atoms with Gasteiger partial charge in [0.2, 0.25) is 0 Å². The van der Waals surface area contributed by atoms with Crippen LogP contribution in [0.4, 0.5) is 0 Å². The highest BCUT2D eigenvalue weighted by molar-refractivity contribution is 5.92. The maximum absolute atomic E-state index is 12.7. The predicted molar refractivity (Wildman–Crippen MR) is 101 cm³/mol. The van der Waals surface area contributed by atoms with Gasteiger partial charge in [0.05, 0.1) is 18.5 Å². The van der Waals surface area contributed by atoms with Gasteiger partial charge in [-0.2, -0.15) is 5.10 Å². The third kappa shape index (κ3) is 4.75. The van der Waals surface area contributed by atoms with E-state index in [1.165, 1.54) is 0 Å². The Kier molecular flexibility index (Phi) is 6.14. The Morgan fingerprint density at radius 3 is 2.77 bits per heavy atom. The molecule has 26 heavy (non-hydrogen) atoms. The van der Waals surface area contributed by atoms with Crippen molar-refractivity contribution in [3.8, 4) is 0 Å². The van der Waals surface area contributed by atoms with Crippen LogP contribution in [-0.4, -0.2) is 39.7 Å². The number of aromatic nitrogens is 2. The van der Waals surface area contributed by atoms with Crippen LogP contribution in [-0.2, 0) is 19.5 Å². The molecule has 0 saturated carbocycles. The average Bonchev–Trinajstić information content (AvgIpc) is 3.25. The van der Waals surface area contributed by atoms with Gasteiger partial charge in [-0.3, -0.25) is 14.4 Å². The molecule has 3 heterocycles. The number of nitrogens with one attached hydrogen (secondary N) is 1. The van der Waals surface area contributed by atoms with Gasteiger partial charge in [0.25, 0.3) is 5.91 Å². The molecule has 0 spiro atoms. The first-order valence-electron chi connectivity index (χ1n) is 9.67. The zero-order valence-corrected chi connectivity index (χ0v) is 16.1. The summed E-state index contributed by atoms with van der Waals surface area (Å²) in [6, 6.07) is 6.11. The van der Waals surface area contributed by atoms with Gasteiger partial charge in [0, 0.05) is 25.7 Å². The van der Waals surface area contributed by atoms with E-state index in [0.717, 1.165) is 50.4 Å². The number of carbonyl (C=O) groups is 1. The standard InChI is InChI=1S/C20H30N4O2/c1-4-24-19(13-17(22-24)12-15(2)3)20(25)21-16-7-9-23(10-8-16)14-18-6-5-11-26-18/h5-6,11,13,15-16H,4,7-10,12,14H2,1-3H3,(H,21,25). The Morgan fingerprint density at radius 2 is 2.15 bits per heavy atom. The summed E-state index contributed by atoms with van der Waals surface area (Å²) in [5, 5.41) is 7.78. The lowest BCUT2D eigenvalue weighted by Gasteiger charge is -2.31. The Balaban J connectivity index is 1.53. The van der Waals surface area contributed by atoms with E-state index in [-0.39, 0.29) is 11.9 Å². The van der Waals surface area contributed by atoms with Gasteiger partial charge in [-0.25, -0.2) is 0 Å². The largest absolute Gasteiger partial charge is 0.468 e. The molecule has 0 aromatic carbocycles. The highest BCUT2D eigenvalue weighted by Crippen LogP contribution is 2.16. The minimum atomic E-state index is -0.00107. The zero-order valence-electron chi connectivity index (χ0n) is 16.1. The Bertz CT molecular complexity index is 697. The quantitative estimate of drug-likeness (QED) is 0.826. The average molecular weight is 358 g/mol. The van der Waals surface area contributed by atoms with Gasteiger partial charge in [0.1, 0.15) is 11.5 Å². The molecule has 0 aliphatic carbocycles. The lowest BCUT2D eigenvalue weighted by atomic mass is 10.0. The van der Waals surface area contributed by atoms with Gasteiger partial charge >= 0.3 is 0 Å². The number of aryl methyl sites for hydroxylation is 1. The minimum Gasteiger partial charge on any atom is -0.468 e. The van der Waals surface area contributed by atoms with E-state index in [0.29, 0.717) is 18.2 Å². The van der Waals surface area contributed by atoms with Gasteiger partial charge in [-0.05, 0) is 50.3 Å². The highest BCUT2D eigenvalue weighted by Gasteiger charge is 2.23. The molecule has 1 aliphatic heterocycles. The van der Waals surface area contributed by atoms with Crippen LogP contribution >= 0.6 is 0 Å². The molecule has 1 amide bonds. The third-order valence-corrected chi connectivity index (χ3v) is 4.86. The number of rotatable bonds is 7. The third-order valence-electron chi connectivity index (χ3n) is 4.86. The molecule has 0 bridgehead atoms. The van der Waals surface area contributed by atoms with Crippen molar-refractivity contribution in [3.05, 3.63) is 41.6 Å². The van der Waals surface area contributed by atoms with Crippen LogP contribution in [0.1, 0.15) is 55.6 Å². The molecule has 1 aliphatic rings. The second-order valence-electron chi connectivity index (χ2n) is 7.54. The molecular weight excluding hydrogens is 328 g/mol. The second-order valence-corrected chi connectivity index (χ2v) is 7.54. The van der Waals surface area contributed by atoms with Crippen LogP contribution < -0.4 is 5.32 Å². The molecule has 0 atom stereocenters. The fourth-order valence-electron chi connectivity index (χ4n) is 3.53. The van der Waals surface area contributed by atoms with Gasteiger partial charge in [0.15, 0.2) is 0 Å². The highest BCUT2D eigenvalue weighted by atomic mass is 16.3. The van der Waals surface area contributed by atoms with E-state index in [2.05, 4.69) is 29.2 Å². The molecule has 2 aromatic rings. The van der Waals surface area contributed by atoms with E-state index in [4.69, 9.17) is 4.42 Å². The van der Waals surface area contributed by atoms with E-state index < -0.39 is 0 Å². The fraction of sp³-hybridized carbons (Fsp3) is 0.600. The first kappa shape index (κ1) is 18.7. The van der Waals surface area contributed by atoms with E-state index in [1.807, 2.05) is 29.8 Å². The molecular formula is C20H30N4O2. The van der Waals surface area contributed by atoms with E-state index in [1.54, 1.807) is 6.26 Å². The first-order chi connectivity index (χ1) is 12.5. The van der Waals surface area contributed by atoms with Crippen molar-refractivity contribution in [1.82, 2.24) is 20.0 Å². The topological polar surface area (TPSA) is 63.3 Å². The molecule has 142 valence electrons. The van der Waals surface area contributed by atoms with Crippen LogP contribution in [0.25, 0.3) is 0 Å². The molecule has 1 saturated heterocycles. The second kappa shape index (κ2) is 8.54. The summed E-state index contributed by atoms with van der Waals surface area (Å²) in [6.07, 6.45) is 4.54. The number of nitrogens with zero attached hydrogens (tertiary/aromatic N) is 3. The zero-order chi connectivity index (χ0) is 18.5. The monoisotopic (exact) mass is 358 g/mol. The smallest absolute Gasteiger partial charge is 0.269 e. The van der Waals surface area contributed by atoms with Crippen molar-refractivity contribution in [3.63, 3.8) is 0 Å². The van der Waals surface area contributed by atoms with Crippen molar-refractivity contribution in [2.45, 2.75) is 59.2 Å². The summed E-state index contributed by atoms with van der Waals surface area (Å²) in [6.45, 7) is 9.85. The van der Waals surface area contributed by atoms with Crippen molar-refractivity contribution >= 4 is 5.91 Å². The number of hydrogen-bond donors (Lipinski definition) is 1. The Hall–Kier alpha value is -2.08. The van der Waals surface area contributed by atoms with Crippen LogP contribution in [0, 0.1) is 5.92 Å². The molecule has 2 aromatic heterocycles. The summed E-state index contributed by atoms with van der Waals surface area (Å²) in [4.78, 5) is 15.1. The molecule has 6 nitrogen and oxygen atoms in total. The van der Waals surface area contributed by atoms with E-state index in [9.17, 15) is 4.79 Å². The van der Waals surface area contributed by atoms with Crippen molar-refractivity contribution < 1.29 is 9.21 Å². The lowest BCUT2D eigenvalue weighted by molar-refractivity contribution is 0.0895. The first-order valence-corrected chi connectivity index (χ1v) is 9.67. The normalized spacial score (nSPS) is 16.3. The summed E-state index contributed by atoms with van der Waals surface area (Å²) < 4.78 is 7.24. The summed E-state index contributed by atoms with van der Waals surface area (Å²) in [5.74, 6) is 1.53. The maximum Gasteiger partial charge on any atom is 0.269 e. The van der Waals surface area contributed by atoms with Gasteiger partial charge < -0.3 is 9.73 Å². The Morgan fingerprint density at radius 1 is 1.38 bits per heavy atom. The molecule has 1 fully saturated rings. The van der Waals surface area contributed by atoms with Crippen LogP contribution in [0.2, 0.25) is 0 Å². The molecule has 0 radical (unpaired) electrons. The number of carbonyl (C=O) groups excluding carboxylic acids is 1. The summed E-state index contributed by atoms with van der Waals surface area (Å²) >= 11 is 0. The van der Waals surface area contributed by atoms with Crippen molar-refractivity contribution in [2.24, 2.45) is 5.92 Å². The van der Waals surface area contributed by atoms with Crippen molar-refractivity contribution in [1.29, 1.82) is 0 Å². The van der Waals surface area contributed by atoms with Crippen LogP contribution in [0.3, 0.4) is 0 Å². The number of amides is 1. The van der Waals surface area contributed by atoms with Gasteiger partial charge in [-0.15, -0.1) is 0 Å². The number of likely N-dealkylation sites (tertiary alicyclic amines) is 1. The Labute approximate surface area is 155 Å². The minimum absolute atomic E-state index is 0.00107. The number of piperidine rings is 1. The molecule has 3 rings (SSSR count). The van der Waals surface area contributed by atoms with Crippen molar-refractivity contribution in [2.75, 3.05) is 13.1 Å². The fourth-order valence-corrected chi connectivity index (χ4v) is 3.53. The maximum atomic E-state index is 12.7. The summed E-state index contributed by atoms with van der Waals surface area (Å²) in [7, 11) is 0. The number of hydrogen-bond acceptors (Lipinski definition) is 4. The lowest BCUT2D eigenvalue weighted by Crippen LogP contribution is -2.44. The molecule has 0 unspecified atom stereocenters. The summed E-state index contributed by atoms with van der Waals surface area (Å²) in [5.41, 5.74) is 1.68. The van der Waals surface area contributed by atoms with Crippen LogP contribution in [0.5, 0.6) is 0 Å². The van der Waals surface area contributed by atoms with Crippen LogP contribution in [0.15, 0.2) is 28.9 Å². The van der Waals surface area contributed by atoms with Gasteiger partial charge in [-0.1, -0.05) is 13.8 Å². The van der Waals surface area contributed by atoms with E-state index >= 15 is 0 Å².